The van der Waals surface area contributed by atoms with Gasteiger partial charge in [-0.15, -0.1) is 0 Å². The standard InChI is InChI=1S/C30H41N7O3/c38-27(25-12-6-2-7-13-25)31-18-20-39-22-23-40-21-19-33-29-35-28(32-17-16-24-10-4-1-5-11-24)36-30(37-29)34-26-14-8-3-9-15-26/h1-2,4-7,10-13,26H,3,8-9,14-23H2,(H,31,38)(H3,32,33,34,35,36,37). The first kappa shape index (κ1) is 29.2. The zero-order chi connectivity index (χ0) is 27.7. The van der Waals surface area contributed by atoms with Gasteiger partial charge in [-0.1, -0.05) is 67.8 Å². The molecular formula is C30H41N7O3. The number of hydrogen-bond donors (Lipinski definition) is 4. The number of hydrogen-bond acceptors (Lipinski definition) is 9. The molecule has 10 heteroatoms. The minimum Gasteiger partial charge on any atom is -0.377 e. The number of aromatic nitrogens is 3. The Hall–Kier alpha value is -3.76. The van der Waals surface area contributed by atoms with E-state index < -0.39 is 0 Å². The molecule has 0 bridgehead atoms. The maximum atomic E-state index is 12.0. The Kier molecular flexibility index (Phi) is 12.5. The number of ether oxygens (including phenoxy) is 2. The predicted molar refractivity (Wildman–Crippen MR) is 158 cm³/mol. The molecule has 0 spiro atoms. The fourth-order valence-electron chi connectivity index (χ4n) is 4.48. The lowest BCUT2D eigenvalue weighted by Crippen LogP contribution is -2.27. The van der Waals surface area contributed by atoms with Crippen molar-refractivity contribution in [1.29, 1.82) is 0 Å². The van der Waals surface area contributed by atoms with Crippen molar-refractivity contribution in [2.75, 3.05) is 62.0 Å². The van der Waals surface area contributed by atoms with E-state index in [0.717, 1.165) is 25.8 Å². The molecule has 40 heavy (non-hydrogen) atoms. The molecule has 1 amide bonds. The summed E-state index contributed by atoms with van der Waals surface area (Å²) in [6.45, 7) is 3.58. The highest BCUT2D eigenvalue weighted by molar-refractivity contribution is 5.94. The van der Waals surface area contributed by atoms with Gasteiger partial charge >= 0.3 is 0 Å². The van der Waals surface area contributed by atoms with Crippen molar-refractivity contribution in [2.24, 2.45) is 0 Å². The molecule has 0 atom stereocenters. The van der Waals surface area contributed by atoms with Crippen LogP contribution < -0.4 is 21.3 Å². The molecule has 0 aliphatic heterocycles. The molecule has 1 aliphatic carbocycles. The minimum atomic E-state index is -0.100. The van der Waals surface area contributed by atoms with E-state index in [1.807, 2.05) is 36.4 Å². The van der Waals surface area contributed by atoms with E-state index in [0.29, 0.717) is 69.0 Å². The average molecular weight is 548 g/mol. The highest BCUT2D eigenvalue weighted by Gasteiger charge is 2.15. The van der Waals surface area contributed by atoms with E-state index >= 15 is 0 Å². The highest BCUT2D eigenvalue weighted by Crippen LogP contribution is 2.21. The maximum absolute atomic E-state index is 12.0. The van der Waals surface area contributed by atoms with Crippen LogP contribution in [0.1, 0.15) is 48.0 Å². The van der Waals surface area contributed by atoms with Gasteiger partial charge in [-0.2, -0.15) is 15.0 Å². The lowest BCUT2D eigenvalue weighted by Gasteiger charge is -2.23. The van der Waals surface area contributed by atoms with Gasteiger partial charge in [-0.05, 0) is 37.0 Å². The van der Waals surface area contributed by atoms with E-state index in [2.05, 4.69) is 48.4 Å². The Morgan fingerprint density at radius 2 is 1.30 bits per heavy atom. The Labute approximate surface area is 236 Å². The molecule has 10 nitrogen and oxygen atoms in total. The number of carbonyl (C=O) groups excluding carboxylic acids is 1. The third-order valence-electron chi connectivity index (χ3n) is 6.58. The van der Waals surface area contributed by atoms with Gasteiger partial charge < -0.3 is 30.7 Å². The van der Waals surface area contributed by atoms with Crippen molar-refractivity contribution in [2.45, 2.75) is 44.6 Å². The molecule has 1 saturated carbocycles. The zero-order valence-electron chi connectivity index (χ0n) is 23.1. The summed E-state index contributed by atoms with van der Waals surface area (Å²) in [5, 5.41) is 12.9. The smallest absolute Gasteiger partial charge is 0.251 e. The van der Waals surface area contributed by atoms with Crippen LogP contribution >= 0.6 is 0 Å². The van der Waals surface area contributed by atoms with Gasteiger partial charge in [-0.3, -0.25) is 4.79 Å². The second-order valence-electron chi connectivity index (χ2n) is 9.72. The van der Waals surface area contributed by atoms with E-state index in [9.17, 15) is 4.79 Å². The molecule has 1 heterocycles. The Morgan fingerprint density at radius 3 is 2.00 bits per heavy atom. The summed E-state index contributed by atoms with van der Waals surface area (Å²) in [4.78, 5) is 25.8. The molecule has 0 saturated heterocycles. The van der Waals surface area contributed by atoms with Crippen molar-refractivity contribution < 1.29 is 14.3 Å². The third-order valence-corrected chi connectivity index (χ3v) is 6.58. The molecule has 1 aliphatic rings. The zero-order valence-corrected chi connectivity index (χ0v) is 23.1. The third kappa shape index (κ3) is 10.8. The molecular weight excluding hydrogens is 506 g/mol. The number of rotatable bonds is 17. The van der Waals surface area contributed by atoms with Crippen LogP contribution in [0, 0.1) is 0 Å². The molecule has 2 aromatic carbocycles. The van der Waals surface area contributed by atoms with Gasteiger partial charge in [0.2, 0.25) is 17.8 Å². The molecule has 0 unspecified atom stereocenters. The van der Waals surface area contributed by atoms with Gasteiger partial charge in [0, 0.05) is 31.2 Å². The van der Waals surface area contributed by atoms with Crippen molar-refractivity contribution in [3.8, 4) is 0 Å². The summed E-state index contributed by atoms with van der Waals surface area (Å²) in [7, 11) is 0. The second kappa shape index (κ2) is 17.0. The van der Waals surface area contributed by atoms with Crippen LogP contribution in [0.3, 0.4) is 0 Å². The number of nitrogens with zero attached hydrogens (tertiary/aromatic N) is 3. The maximum Gasteiger partial charge on any atom is 0.251 e. The first-order chi connectivity index (χ1) is 19.8. The predicted octanol–water partition coefficient (Wildman–Crippen LogP) is 4.15. The SMILES string of the molecule is O=C(NCCOCCOCCNc1nc(NCCc2ccccc2)nc(NC2CCCCC2)n1)c1ccccc1. The lowest BCUT2D eigenvalue weighted by molar-refractivity contribution is 0.0519. The molecule has 214 valence electrons. The number of benzene rings is 2. The van der Waals surface area contributed by atoms with Crippen LogP contribution in [0.25, 0.3) is 0 Å². The van der Waals surface area contributed by atoms with Crippen molar-refractivity contribution in [3.63, 3.8) is 0 Å². The summed E-state index contributed by atoms with van der Waals surface area (Å²) in [5.41, 5.74) is 1.91. The van der Waals surface area contributed by atoms with Gasteiger partial charge in [0.15, 0.2) is 0 Å². The first-order valence-electron chi connectivity index (χ1n) is 14.3. The molecule has 3 aromatic rings. The van der Waals surface area contributed by atoms with E-state index in [4.69, 9.17) is 9.47 Å². The van der Waals surface area contributed by atoms with Gasteiger partial charge in [0.25, 0.3) is 5.91 Å². The van der Waals surface area contributed by atoms with Crippen molar-refractivity contribution in [1.82, 2.24) is 20.3 Å². The van der Waals surface area contributed by atoms with Crippen molar-refractivity contribution in [3.05, 3.63) is 71.8 Å². The fraction of sp³-hybridized carbons (Fsp3) is 0.467. The average Bonchev–Trinajstić information content (AvgIpc) is 2.99. The van der Waals surface area contributed by atoms with E-state index in [1.54, 1.807) is 12.1 Å². The molecule has 4 rings (SSSR count). The largest absolute Gasteiger partial charge is 0.377 e. The van der Waals surface area contributed by atoms with E-state index in [1.165, 1.54) is 24.8 Å². The Balaban J connectivity index is 1.14. The van der Waals surface area contributed by atoms with Crippen LogP contribution in [-0.4, -0.2) is 73.0 Å². The Morgan fingerprint density at radius 1 is 0.700 bits per heavy atom. The monoisotopic (exact) mass is 547 g/mol. The van der Waals surface area contributed by atoms with Crippen LogP contribution in [0.2, 0.25) is 0 Å². The molecule has 1 fully saturated rings. The summed E-state index contributed by atoms with van der Waals surface area (Å²) in [5.74, 6) is 1.57. The topological polar surface area (TPSA) is 122 Å². The second-order valence-corrected chi connectivity index (χ2v) is 9.72. The van der Waals surface area contributed by atoms with Crippen LogP contribution in [0.4, 0.5) is 17.8 Å². The van der Waals surface area contributed by atoms with Crippen LogP contribution in [0.5, 0.6) is 0 Å². The van der Waals surface area contributed by atoms with Crippen LogP contribution in [-0.2, 0) is 15.9 Å². The summed E-state index contributed by atoms with van der Waals surface area (Å²) in [6.07, 6.45) is 6.93. The van der Waals surface area contributed by atoms with E-state index in [-0.39, 0.29) is 5.91 Å². The molecule has 0 radical (unpaired) electrons. The fourth-order valence-corrected chi connectivity index (χ4v) is 4.48. The number of carbonyl (C=O) groups is 1. The highest BCUT2D eigenvalue weighted by atomic mass is 16.5. The number of nitrogens with one attached hydrogen (secondary N) is 4. The molecule has 1 aromatic heterocycles. The van der Waals surface area contributed by atoms with Crippen molar-refractivity contribution >= 4 is 23.8 Å². The number of anilines is 3. The summed E-state index contributed by atoms with van der Waals surface area (Å²) >= 11 is 0. The van der Waals surface area contributed by atoms with Gasteiger partial charge in [0.1, 0.15) is 0 Å². The minimum absolute atomic E-state index is 0.100. The summed E-state index contributed by atoms with van der Waals surface area (Å²) in [6, 6.07) is 19.9. The van der Waals surface area contributed by atoms with Gasteiger partial charge in [0.05, 0.1) is 26.4 Å². The van der Waals surface area contributed by atoms with Gasteiger partial charge in [-0.25, -0.2) is 0 Å². The first-order valence-corrected chi connectivity index (χ1v) is 14.3. The molecule has 4 N–H and O–H groups in total. The quantitative estimate of drug-likeness (QED) is 0.185. The Bertz CT molecular complexity index is 1130. The summed E-state index contributed by atoms with van der Waals surface area (Å²) < 4.78 is 11.2. The number of amides is 1. The normalized spacial score (nSPS) is 13.5. The van der Waals surface area contributed by atoms with Crippen LogP contribution in [0.15, 0.2) is 60.7 Å². The lowest BCUT2D eigenvalue weighted by atomic mass is 9.96.